The fourth-order valence-corrected chi connectivity index (χ4v) is 3.40. The number of para-hydroxylation sites is 1. The standard InChI is InChI=1S/C14H18ClN3O2S/c1-16-6-7-17-8-9-18-10-13(21(2,19)20)11-4-3-5-12(15)14(11)18/h3-5,10,17H,1,6-9H2,2H3. The Kier molecular flexibility index (Phi) is 5.03. The van der Waals surface area contributed by atoms with Crippen molar-refractivity contribution in [3.05, 3.63) is 29.4 Å². The number of hydrogen-bond donors (Lipinski definition) is 1. The maximum Gasteiger partial charge on any atom is 0.177 e. The highest BCUT2D eigenvalue weighted by Crippen LogP contribution is 2.30. The second-order valence-electron chi connectivity index (χ2n) is 4.79. The van der Waals surface area contributed by atoms with Crippen molar-refractivity contribution in [3.63, 3.8) is 0 Å². The number of fused-ring (bicyclic) bond motifs is 1. The van der Waals surface area contributed by atoms with E-state index in [9.17, 15) is 8.42 Å². The van der Waals surface area contributed by atoms with Crippen molar-refractivity contribution in [3.8, 4) is 0 Å². The van der Waals surface area contributed by atoms with Gasteiger partial charge in [0.2, 0.25) is 0 Å². The molecule has 0 aliphatic rings. The van der Waals surface area contributed by atoms with Crippen molar-refractivity contribution >= 4 is 39.1 Å². The van der Waals surface area contributed by atoms with Gasteiger partial charge in [-0.15, -0.1) is 0 Å². The topological polar surface area (TPSA) is 63.5 Å². The van der Waals surface area contributed by atoms with Crippen molar-refractivity contribution in [2.45, 2.75) is 11.4 Å². The predicted octanol–water partition coefficient (Wildman–Crippen LogP) is 1.99. The van der Waals surface area contributed by atoms with Gasteiger partial charge >= 0.3 is 0 Å². The van der Waals surface area contributed by atoms with Gasteiger partial charge in [-0.05, 0) is 12.8 Å². The summed E-state index contributed by atoms with van der Waals surface area (Å²) >= 11 is 6.23. The summed E-state index contributed by atoms with van der Waals surface area (Å²) in [5.41, 5.74) is 0.753. The fourth-order valence-electron chi connectivity index (χ4n) is 2.24. The van der Waals surface area contributed by atoms with E-state index in [0.29, 0.717) is 34.9 Å². The Balaban J connectivity index is 2.33. The van der Waals surface area contributed by atoms with E-state index in [4.69, 9.17) is 11.6 Å². The van der Waals surface area contributed by atoms with Gasteiger partial charge in [-0.25, -0.2) is 8.42 Å². The van der Waals surface area contributed by atoms with Crippen LogP contribution in [0.3, 0.4) is 0 Å². The minimum absolute atomic E-state index is 0.313. The molecule has 1 N–H and O–H groups in total. The first kappa shape index (κ1) is 16.0. The van der Waals surface area contributed by atoms with Gasteiger partial charge in [0.15, 0.2) is 9.84 Å². The molecule has 0 spiro atoms. The van der Waals surface area contributed by atoms with Crippen LogP contribution in [0.15, 0.2) is 34.3 Å². The third kappa shape index (κ3) is 3.64. The van der Waals surface area contributed by atoms with Crippen LogP contribution in [0.25, 0.3) is 10.9 Å². The Labute approximate surface area is 129 Å². The summed E-state index contributed by atoms with van der Waals surface area (Å²) in [6.07, 6.45) is 2.86. The lowest BCUT2D eigenvalue weighted by Crippen LogP contribution is -2.22. The molecule has 5 nitrogen and oxygen atoms in total. The molecule has 0 saturated heterocycles. The molecule has 0 atom stereocenters. The van der Waals surface area contributed by atoms with E-state index in [-0.39, 0.29) is 0 Å². The first-order chi connectivity index (χ1) is 9.95. The molecule has 7 heteroatoms. The zero-order chi connectivity index (χ0) is 15.5. The van der Waals surface area contributed by atoms with E-state index < -0.39 is 9.84 Å². The SMILES string of the molecule is C=NCCNCCn1cc(S(C)(=O)=O)c2cccc(Cl)c21. The zero-order valence-corrected chi connectivity index (χ0v) is 13.4. The number of benzene rings is 1. The molecule has 0 saturated carbocycles. The highest BCUT2D eigenvalue weighted by Gasteiger charge is 2.18. The lowest BCUT2D eigenvalue weighted by molar-refractivity contribution is 0.598. The molecule has 2 aromatic rings. The molecule has 0 bridgehead atoms. The van der Waals surface area contributed by atoms with Gasteiger partial charge in [-0.1, -0.05) is 23.7 Å². The van der Waals surface area contributed by atoms with E-state index in [2.05, 4.69) is 17.0 Å². The third-order valence-electron chi connectivity index (χ3n) is 3.19. The second-order valence-corrected chi connectivity index (χ2v) is 7.18. The summed E-state index contributed by atoms with van der Waals surface area (Å²) in [7, 11) is -3.29. The van der Waals surface area contributed by atoms with Gasteiger partial charge in [0.1, 0.15) is 0 Å². The molecule has 0 unspecified atom stereocenters. The van der Waals surface area contributed by atoms with E-state index in [1.54, 1.807) is 24.4 Å². The van der Waals surface area contributed by atoms with Crippen LogP contribution in [-0.2, 0) is 16.4 Å². The molecular weight excluding hydrogens is 310 g/mol. The van der Waals surface area contributed by atoms with Crippen LogP contribution in [0.4, 0.5) is 0 Å². The molecule has 21 heavy (non-hydrogen) atoms. The van der Waals surface area contributed by atoms with Crippen molar-refractivity contribution in [2.75, 3.05) is 25.9 Å². The van der Waals surface area contributed by atoms with E-state index in [0.717, 1.165) is 12.1 Å². The van der Waals surface area contributed by atoms with Crippen molar-refractivity contribution in [2.24, 2.45) is 4.99 Å². The van der Waals surface area contributed by atoms with Crippen molar-refractivity contribution in [1.29, 1.82) is 0 Å². The average Bonchev–Trinajstić information content (AvgIpc) is 2.79. The summed E-state index contributed by atoms with van der Waals surface area (Å²) in [4.78, 5) is 4.07. The Morgan fingerprint density at radius 3 is 2.81 bits per heavy atom. The highest BCUT2D eigenvalue weighted by atomic mass is 35.5. The van der Waals surface area contributed by atoms with Gasteiger partial charge in [0, 0.05) is 37.5 Å². The molecule has 0 amide bonds. The number of sulfone groups is 1. The summed E-state index contributed by atoms with van der Waals surface area (Å²) in [5, 5.41) is 4.44. The van der Waals surface area contributed by atoms with Crippen LogP contribution in [0.2, 0.25) is 5.02 Å². The molecule has 1 heterocycles. The van der Waals surface area contributed by atoms with Crippen LogP contribution in [0.1, 0.15) is 0 Å². The Morgan fingerprint density at radius 1 is 1.38 bits per heavy atom. The number of aliphatic imine (C=N–C) groups is 1. The summed E-state index contributed by atoms with van der Waals surface area (Å²) in [5.74, 6) is 0. The largest absolute Gasteiger partial charge is 0.344 e. The van der Waals surface area contributed by atoms with Gasteiger partial charge in [0.05, 0.1) is 22.0 Å². The Hall–Kier alpha value is -1.37. The summed E-state index contributed by atoms with van der Waals surface area (Å²) in [6, 6.07) is 5.31. The van der Waals surface area contributed by atoms with Crippen LogP contribution in [-0.4, -0.2) is 45.6 Å². The quantitative estimate of drug-likeness (QED) is 0.625. The number of hydrogen-bond acceptors (Lipinski definition) is 4. The fraction of sp³-hybridized carbons (Fsp3) is 0.357. The lowest BCUT2D eigenvalue weighted by atomic mass is 10.2. The molecule has 1 aromatic heterocycles. The first-order valence-corrected chi connectivity index (χ1v) is 8.82. The molecule has 1 aromatic carbocycles. The third-order valence-corrected chi connectivity index (χ3v) is 4.62. The Morgan fingerprint density at radius 2 is 2.14 bits per heavy atom. The van der Waals surface area contributed by atoms with E-state index >= 15 is 0 Å². The molecule has 114 valence electrons. The highest BCUT2D eigenvalue weighted by molar-refractivity contribution is 7.91. The zero-order valence-electron chi connectivity index (χ0n) is 11.8. The van der Waals surface area contributed by atoms with Crippen LogP contribution >= 0.6 is 11.6 Å². The number of halogens is 1. The molecule has 0 aliphatic carbocycles. The molecule has 0 aliphatic heterocycles. The number of rotatable bonds is 7. The smallest absolute Gasteiger partial charge is 0.177 e. The summed E-state index contributed by atoms with van der Waals surface area (Å²) in [6.45, 7) is 6.15. The molecule has 2 rings (SSSR count). The predicted molar refractivity (Wildman–Crippen MR) is 87.3 cm³/mol. The van der Waals surface area contributed by atoms with Gasteiger partial charge in [-0.2, -0.15) is 0 Å². The normalized spacial score (nSPS) is 11.9. The number of aromatic nitrogens is 1. The van der Waals surface area contributed by atoms with Gasteiger partial charge in [-0.3, -0.25) is 4.99 Å². The van der Waals surface area contributed by atoms with Gasteiger partial charge in [0.25, 0.3) is 0 Å². The van der Waals surface area contributed by atoms with Crippen molar-refractivity contribution in [1.82, 2.24) is 9.88 Å². The van der Waals surface area contributed by atoms with E-state index in [1.807, 2.05) is 4.57 Å². The second kappa shape index (κ2) is 6.60. The summed E-state index contributed by atoms with van der Waals surface area (Å²) < 4.78 is 25.7. The van der Waals surface area contributed by atoms with Crippen LogP contribution in [0.5, 0.6) is 0 Å². The maximum absolute atomic E-state index is 11.9. The van der Waals surface area contributed by atoms with Crippen molar-refractivity contribution < 1.29 is 8.42 Å². The maximum atomic E-state index is 11.9. The first-order valence-electron chi connectivity index (χ1n) is 6.55. The Bertz CT molecular complexity index is 753. The minimum atomic E-state index is -3.29. The molecule has 0 radical (unpaired) electrons. The lowest BCUT2D eigenvalue weighted by Gasteiger charge is -2.07. The molecular formula is C14H18ClN3O2S. The van der Waals surface area contributed by atoms with Gasteiger partial charge < -0.3 is 9.88 Å². The molecule has 0 fully saturated rings. The average molecular weight is 328 g/mol. The van der Waals surface area contributed by atoms with Crippen LogP contribution < -0.4 is 5.32 Å². The number of nitrogens with one attached hydrogen (secondary N) is 1. The number of nitrogens with zero attached hydrogens (tertiary/aromatic N) is 2. The van der Waals surface area contributed by atoms with Crippen LogP contribution in [0, 0.1) is 0 Å². The minimum Gasteiger partial charge on any atom is -0.344 e. The van der Waals surface area contributed by atoms with E-state index in [1.165, 1.54) is 6.26 Å². The monoisotopic (exact) mass is 327 g/mol.